The molecule has 2 aliphatic rings. The fraction of sp³-hybridized carbons (Fsp3) is 0.500. The average molecular weight is 252 g/mol. The number of aryl methyl sites for hydroxylation is 1. The zero-order valence-electron chi connectivity index (χ0n) is 8.15. The maximum absolute atomic E-state index is 3.62. The molecule has 1 spiro atoms. The van der Waals surface area contributed by atoms with Crippen molar-refractivity contribution in [2.24, 2.45) is 0 Å². The number of rotatable bonds is 0. The van der Waals surface area contributed by atoms with Crippen molar-refractivity contribution in [3.8, 4) is 0 Å². The minimum Gasteiger partial charge on any atom is -0.307 e. The van der Waals surface area contributed by atoms with Crippen LogP contribution in [0.4, 0.5) is 0 Å². The zero-order valence-corrected chi connectivity index (χ0v) is 9.73. The van der Waals surface area contributed by atoms with E-state index in [1.165, 1.54) is 36.7 Å². The van der Waals surface area contributed by atoms with Crippen LogP contribution in [-0.4, -0.2) is 6.54 Å². The maximum atomic E-state index is 3.62. The molecule has 1 heterocycles. The normalized spacial score (nSPS) is 29.8. The predicted molar refractivity (Wildman–Crippen MR) is 61.4 cm³/mol. The van der Waals surface area contributed by atoms with Crippen molar-refractivity contribution in [1.82, 2.24) is 5.32 Å². The van der Waals surface area contributed by atoms with Gasteiger partial charge >= 0.3 is 0 Å². The van der Waals surface area contributed by atoms with Crippen molar-refractivity contribution < 1.29 is 0 Å². The van der Waals surface area contributed by atoms with Crippen LogP contribution in [-0.2, 0) is 12.0 Å². The highest BCUT2D eigenvalue weighted by molar-refractivity contribution is 9.10. The third-order valence-electron chi connectivity index (χ3n) is 3.65. The first-order valence-electron chi connectivity index (χ1n) is 5.34. The van der Waals surface area contributed by atoms with Crippen LogP contribution in [0.1, 0.15) is 30.4 Å². The number of fused-ring (bicyclic) bond motifs is 2. The van der Waals surface area contributed by atoms with Crippen LogP contribution in [0, 0.1) is 0 Å². The molecule has 0 aromatic heterocycles. The quantitative estimate of drug-likeness (QED) is 0.748. The molecule has 14 heavy (non-hydrogen) atoms. The standard InChI is InChI=1S/C12H14BrN/c13-10-4-3-9-2-1-5-12(6-7-14-12)11(9)8-10/h3-4,8,14H,1-2,5-7H2/t12-/m0/s1. The number of halogens is 1. The fourth-order valence-corrected chi connectivity index (χ4v) is 3.16. The molecular formula is C12H14BrN. The molecule has 1 N–H and O–H groups in total. The number of benzene rings is 1. The molecule has 1 aliphatic heterocycles. The van der Waals surface area contributed by atoms with Gasteiger partial charge in [-0.3, -0.25) is 0 Å². The van der Waals surface area contributed by atoms with E-state index in [-0.39, 0.29) is 0 Å². The van der Waals surface area contributed by atoms with E-state index in [1.807, 2.05) is 0 Å². The number of nitrogens with one attached hydrogen (secondary N) is 1. The molecule has 1 saturated heterocycles. The van der Waals surface area contributed by atoms with Crippen molar-refractivity contribution in [1.29, 1.82) is 0 Å². The van der Waals surface area contributed by atoms with Crippen molar-refractivity contribution in [3.05, 3.63) is 33.8 Å². The Morgan fingerprint density at radius 2 is 2.14 bits per heavy atom. The smallest absolute Gasteiger partial charge is 0.0450 e. The van der Waals surface area contributed by atoms with Crippen LogP contribution in [0.2, 0.25) is 0 Å². The molecule has 3 rings (SSSR count). The molecule has 0 unspecified atom stereocenters. The summed E-state index contributed by atoms with van der Waals surface area (Å²) < 4.78 is 1.21. The Hall–Kier alpha value is -0.340. The van der Waals surface area contributed by atoms with Crippen LogP contribution >= 0.6 is 15.9 Å². The Morgan fingerprint density at radius 1 is 1.29 bits per heavy atom. The van der Waals surface area contributed by atoms with Gasteiger partial charge in [0.15, 0.2) is 0 Å². The van der Waals surface area contributed by atoms with E-state index < -0.39 is 0 Å². The average Bonchev–Trinajstić information content (AvgIpc) is 2.14. The molecule has 0 amide bonds. The lowest BCUT2D eigenvalue weighted by Crippen LogP contribution is -2.55. The van der Waals surface area contributed by atoms with Crippen LogP contribution in [0.15, 0.2) is 22.7 Å². The molecule has 1 nitrogen and oxygen atoms in total. The van der Waals surface area contributed by atoms with Gasteiger partial charge in [0, 0.05) is 10.0 Å². The molecule has 1 aromatic carbocycles. The van der Waals surface area contributed by atoms with Crippen molar-refractivity contribution in [2.45, 2.75) is 31.2 Å². The lowest BCUT2D eigenvalue weighted by molar-refractivity contribution is 0.177. The van der Waals surface area contributed by atoms with Gasteiger partial charge in [-0.05, 0) is 55.5 Å². The molecule has 1 aromatic rings. The fourth-order valence-electron chi connectivity index (χ4n) is 2.80. The van der Waals surface area contributed by atoms with Gasteiger partial charge in [0.1, 0.15) is 0 Å². The third kappa shape index (κ3) is 1.17. The lowest BCUT2D eigenvalue weighted by atomic mass is 9.71. The Bertz CT molecular complexity index is 369. The predicted octanol–water partition coefficient (Wildman–Crippen LogP) is 2.97. The van der Waals surface area contributed by atoms with E-state index in [9.17, 15) is 0 Å². The molecule has 74 valence electrons. The molecule has 0 saturated carbocycles. The van der Waals surface area contributed by atoms with Crippen LogP contribution in [0.25, 0.3) is 0 Å². The van der Waals surface area contributed by atoms with Gasteiger partial charge in [-0.15, -0.1) is 0 Å². The van der Waals surface area contributed by atoms with Gasteiger partial charge < -0.3 is 5.32 Å². The first-order valence-corrected chi connectivity index (χ1v) is 6.13. The SMILES string of the molecule is Brc1ccc2c(c1)[C@]1(CCC2)CCN1. The van der Waals surface area contributed by atoms with E-state index in [0.717, 1.165) is 0 Å². The zero-order chi connectivity index (χ0) is 9.60. The lowest BCUT2D eigenvalue weighted by Gasteiger charge is -2.47. The van der Waals surface area contributed by atoms with Crippen molar-refractivity contribution in [2.75, 3.05) is 6.54 Å². The molecule has 2 heteroatoms. The Labute approximate surface area is 93.0 Å². The first kappa shape index (κ1) is 8.93. The third-order valence-corrected chi connectivity index (χ3v) is 4.15. The van der Waals surface area contributed by atoms with Gasteiger partial charge in [-0.25, -0.2) is 0 Å². The van der Waals surface area contributed by atoms with E-state index >= 15 is 0 Å². The van der Waals surface area contributed by atoms with E-state index in [4.69, 9.17) is 0 Å². The topological polar surface area (TPSA) is 12.0 Å². The summed E-state index contributed by atoms with van der Waals surface area (Å²) >= 11 is 3.57. The van der Waals surface area contributed by atoms with Crippen molar-refractivity contribution in [3.63, 3.8) is 0 Å². The minimum atomic E-state index is 0.345. The second-order valence-corrected chi connectivity index (χ2v) is 5.33. The molecule has 1 fully saturated rings. The summed E-state index contributed by atoms with van der Waals surface area (Å²) in [6, 6.07) is 6.75. The van der Waals surface area contributed by atoms with Crippen LogP contribution < -0.4 is 5.32 Å². The highest BCUT2D eigenvalue weighted by atomic mass is 79.9. The largest absolute Gasteiger partial charge is 0.307 e. The van der Waals surface area contributed by atoms with Gasteiger partial charge in [-0.2, -0.15) is 0 Å². The Morgan fingerprint density at radius 3 is 2.86 bits per heavy atom. The summed E-state index contributed by atoms with van der Waals surface area (Å²) in [6.07, 6.45) is 5.22. The summed E-state index contributed by atoms with van der Waals surface area (Å²) in [7, 11) is 0. The molecule has 0 radical (unpaired) electrons. The summed E-state index contributed by atoms with van der Waals surface area (Å²) in [6.45, 7) is 1.19. The number of hydrogen-bond acceptors (Lipinski definition) is 1. The van der Waals surface area contributed by atoms with E-state index in [0.29, 0.717) is 5.54 Å². The van der Waals surface area contributed by atoms with Gasteiger partial charge in [-0.1, -0.05) is 22.0 Å². The Kier molecular flexibility index (Phi) is 1.96. The van der Waals surface area contributed by atoms with E-state index in [1.54, 1.807) is 11.1 Å². The van der Waals surface area contributed by atoms with Crippen molar-refractivity contribution >= 4 is 15.9 Å². The van der Waals surface area contributed by atoms with Crippen LogP contribution in [0.5, 0.6) is 0 Å². The highest BCUT2D eigenvalue weighted by Gasteiger charge is 2.41. The molecule has 1 aliphatic carbocycles. The summed E-state index contributed by atoms with van der Waals surface area (Å²) in [4.78, 5) is 0. The maximum Gasteiger partial charge on any atom is 0.0450 e. The second-order valence-electron chi connectivity index (χ2n) is 4.41. The summed E-state index contributed by atoms with van der Waals surface area (Å²) in [5, 5.41) is 3.62. The molecule has 1 atom stereocenters. The van der Waals surface area contributed by atoms with E-state index in [2.05, 4.69) is 39.4 Å². The summed E-state index contributed by atoms with van der Waals surface area (Å²) in [5.74, 6) is 0. The molecular weight excluding hydrogens is 238 g/mol. The Balaban J connectivity index is 2.12. The minimum absolute atomic E-state index is 0.345. The summed E-state index contributed by atoms with van der Waals surface area (Å²) in [5.41, 5.74) is 3.44. The first-order chi connectivity index (χ1) is 6.80. The number of hydrogen-bond donors (Lipinski definition) is 1. The van der Waals surface area contributed by atoms with Gasteiger partial charge in [0.2, 0.25) is 0 Å². The monoisotopic (exact) mass is 251 g/mol. The van der Waals surface area contributed by atoms with Gasteiger partial charge in [0.25, 0.3) is 0 Å². The molecule has 0 bridgehead atoms. The van der Waals surface area contributed by atoms with Crippen LogP contribution in [0.3, 0.4) is 0 Å². The van der Waals surface area contributed by atoms with Gasteiger partial charge in [0.05, 0.1) is 0 Å². The second kappa shape index (κ2) is 3.07. The highest BCUT2D eigenvalue weighted by Crippen LogP contribution is 2.42.